The predicted molar refractivity (Wildman–Crippen MR) is 69.0 cm³/mol. The molecule has 0 aliphatic rings. The van der Waals surface area contributed by atoms with Crippen LogP contribution in [0.15, 0.2) is 36.4 Å². The molecule has 0 saturated heterocycles. The lowest BCUT2D eigenvalue weighted by Crippen LogP contribution is -1.99. The van der Waals surface area contributed by atoms with E-state index in [4.69, 9.17) is 15.4 Å². The third kappa shape index (κ3) is 2.70. The molecule has 90 valence electrons. The minimum absolute atomic E-state index is 0.237. The fourth-order valence-corrected chi connectivity index (χ4v) is 2.80. The molecule has 2 aromatic carbocycles. The Morgan fingerprint density at radius 1 is 1.18 bits per heavy atom. The first-order chi connectivity index (χ1) is 8.01. The smallest absolute Gasteiger partial charge is 0.236 e. The summed E-state index contributed by atoms with van der Waals surface area (Å²) in [4.78, 5) is 0. The van der Waals surface area contributed by atoms with Crippen molar-refractivity contribution in [1.82, 2.24) is 0 Å². The number of fused-ring (bicyclic) bond motifs is 1. The normalized spacial score (nSPS) is 11.6. The number of hydrogen-bond donors (Lipinski definition) is 0. The highest BCUT2D eigenvalue weighted by atomic mass is 35.7. The van der Waals surface area contributed by atoms with Crippen LogP contribution in [0.25, 0.3) is 10.8 Å². The van der Waals surface area contributed by atoms with Crippen molar-refractivity contribution >= 4 is 30.5 Å². The molecular weight excluding hydrogens is 260 g/mol. The van der Waals surface area contributed by atoms with Crippen LogP contribution < -0.4 is 4.74 Å². The van der Waals surface area contributed by atoms with Gasteiger partial charge >= 0.3 is 0 Å². The minimum Gasteiger partial charge on any atom is -0.496 e. The van der Waals surface area contributed by atoms with Gasteiger partial charge in [-0.3, -0.25) is 0 Å². The Labute approximate surface area is 104 Å². The van der Waals surface area contributed by atoms with Crippen LogP contribution in [0.4, 0.5) is 0 Å². The van der Waals surface area contributed by atoms with Gasteiger partial charge < -0.3 is 4.74 Å². The molecule has 2 aromatic rings. The molecule has 0 aliphatic carbocycles. The van der Waals surface area contributed by atoms with Crippen LogP contribution in [0.2, 0.25) is 0 Å². The molecule has 5 heteroatoms. The number of rotatable bonds is 3. The zero-order valence-electron chi connectivity index (χ0n) is 9.18. The molecule has 0 radical (unpaired) electrons. The van der Waals surface area contributed by atoms with Crippen LogP contribution in [0.5, 0.6) is 5.75 Å². The van der Waals surface area contributed by atoms with Crippen LogP contribution in [-0.2, 0) is 14.8 Å². The Morgan fingerprint density at radius 2 is 1.88 bits per heavy atom. The lowest BCUT2D eigenvalue weighted by Gasteiger charge is -2.10. The largest absolute Gasteiger partial charge is 0.496 e. The van der Waals surface area contributed by atoms with E-state index in [1.165, 1.54) is 7.11 Å². The Morgan fingerprint density at radius 3 is 2.53 bits per heavy atom. The topological polar surface area (TPSA) is 43.4 Å². The van der Waals surface area contributed by atoms with Crippen molar-refractivity contribution in [3.05, 3.63) is 42.0 Å². The SMILES string of the molecule is COc1ccc2ccccc2c1CS(=O)(=O)Cl. The molecule has 0 bridgehead atoms. The van der Waals surface area contributed by atoms with Crippen molar-refractivity contribution in [2.75, 3.05) is 7.11 Å². The highest BCUT2D eigenvalue weighted by Gasteiger charge is 2.15. The highest BCUT2D eigenvalue weighted by Crippen LogP contribution is 2.30. The van der Waals surface area contributed by atoms with Gasteiger partial charge in [0.05, 0.1) is 12.9 Å². The van der Waals surface area contributed by atoms with Gasteiger partial charge in [-0.1, -0.05) is 30.3 Å². The Balaban J connectivity index is 2.71. The number of benzene rings is 2. The molecule has 3 nitrogen and oxygen atoms in total. The summed E-state index contributed by atoms with van der Waals surface area (Å²) in [7, 11) is 3.21. The molecule has 0 fully saturated rings. The molecule has 0 atom stereocenters. The number of halogens is 1. The Hall–Kier alpha value is -1.26. The van der Waals surface area contributed by atoms with Gasteiger partial charge in [-0.2, -0.15) is 0 Å². The monoisotopic (exact) mass is 270 g/mol. The summed E-state index contributed by atoms with van der Waals surface area (Å²) in [5.41, 5.74) is 0.598. The van der Waals surface area contributed by atoms with Gasteiger partial charge in [-0.05, 0) is 16.8 Å². The van der Waals surface area contributed by atoms with E-state index >= 15 is 0 Å². The molecule has 0 heterocycles. The lowest BCUT2D eigenvalue weighted by molar-refractivity contribution is 0.412. The maximum absolute atomic E-state index is 11.2. The van der Waals surface area contributed by atoms with Gasteiger partial charge in [0, 0.05) is 16.2 Å². The summed E-state index contributed by atoms with van der Waals surface area (Å²) in [6.07, 6.45) is 0. The van der Waals surface area contributed by atoms with Gasteiger partial charge in [0.2, 0.25) is 9.05 Å². The molecule has 0 aromatic heterocycles. The second-order valence-electron chi connectivity index (χ2n) is 3.65. The van der Waals surface area contributed by atoms with Gasteiger partial charge in [0.25, 0.3) is 0 Å². The average molecular weight is 271 g/mol. The van der Waals surface area contributed by atoms with Crippen molar-refractivity contribution in [3.8, 4) is 5.75 Å². The third-order valence-corrected chi connectivity index (χ3v) is 3.50. The van der Waals surface area contributed by atoms with Gasteiger partial charge in [0.15, 0.2) is 0 Å². The fourth-order valence-electron chi connectivity index (χ4n) is 1.83. The van der Waals surface area contributed by atoms with E-state index < -0.39 is 9.05 Å². The molecule has 2 rings (SSSR count). The number of hydrogen-bond acceptors (Lipinski definition) is 3. The van der Waals surface area contributed by atoms with Crippen molar-refractivity contribution in [3.63, 3.8) is 0 Å². The van der Waals surface area contributed by atoms with E-state index in [-0.39, 0.29) is 5.75 Å². The molecule has 0 N–H and O–H groups in total. The van der Waals surface area contributed by atoms with Crippen molar-refractivity contribution in [1.29, 1.82) is 0 Å². The zero-order valence-corrected chi connectivity index (χ0v) is 10.8. The van der Waals surface area contributed by atoms with E-state index in [2.05, 4.69) is 0 Å². The molecule has 0 spiro atoms. The second kappa shape index (κ2) is 4.55. The number of methoxy groups -OCH3 is 1. The van der Waals surface area contributed by atoms with Crippen molar-refractivity contribution in [2.45, 2.75) is 5.75 Å². The summed E-state index contributed by atoms with van der Waals surface area (Å²) in [5, 5.41) is 1.81. The van der Waals surface area contributed by atoms with E-state index in [0.29, 0.717) is 11.3 Å². The summed E-state index contributed by atoms with van der Waals surface area (Å²) in [5.74, 6) is 0.298. The maximum Gasteiger partial charge on any atom is 0.236 e. The Bertz CT molecular complexity index is 650. The van der Waals surface area contributed by atoms with E-state index in [9.17, 15) is 8.42 Å². The summed E-state index contributed by atoms with van der Waals surface area (Å²) in [6, 6.07) is 11.2. The molecule has 17 heavy (non-hydrogen) atoms. The second-order valence-corrected chi connectivity index (χ2v) is 6.43. The number of ether oxygens (including phenoxy) is 1. The molecular formula is C12H11ClO3S. The lowest BCUT2D eigenvalue weighted by atomic mass is 10.0. The van der Waals surface area contributed by atoms with Gasteiger partial charge in [-0.15, -0.1) is 0 Å². The van der Waals surface area contributed by atoms with Gasteiger partial charge in [-0.25, -0.2) is 8.42 Å². The van der Waals surface area contributed by atoms with E-state index in [0.717, 1.165) is 10.8 Å². The molecule has 0 amide bonds. The summed E-state index contributed by atoms with van der Waals surface area (Å²) in [6.45, 7) is 0. The van der Waals surface area contributed by atoms with Crippen LogP contribution in [-0.4, -0.2) is 15.5 Å². The van der Waals surface area contributed by atoms with E-state index in [1.807, 2.05) is 30.3 Å². The van der Waals surface area contributed by atoms with Crippen LogP contribution in [0.3, 0.4) is 0 Å². The molecule has 0 unspecified atom stereocenters. The minimum atomic E-state index is -3.61. The van der Waals surface area contributed by atoms with E-state index in [1.54, 1.807) is 6.07 Å². The van der Waals surface area contributed by atoms with Crippen LogP contribution in [0, 0.1) is 0 Å². The summed E-state index contributed by atoms with van der Waals surface area (Å²) < 4.78 is 27.6. The first kappa shape index (κ1) is 12.2. The van der Waals surface area contributed by atoms with Crippen LogP contribution in [0.1, 0.15) is 5.56 Å². The first-order valence-corrected chi connectivity index (χ1v) is 7.46. The zero-order chi connectivity index (χ0) is 12.5. The van der Waals surface area contributed by atoms with Crippen molar-refractivity contribution < 1.29 is 13.2 Å². The third-order valence-electron chi connectivity index (χ3n) is 2.53. The standard InChI is InChI=1S/C12H11ClO3S/c1-16-12-7-6-9-4-2-3-5-10(9)11(12)8-17(13,14)15/h2-7H,8H2,1H3. The molecule has 0 saturated carbocycles. The Kier molecular flexibility index (Phi) is 3.26. The fraction of sp³-hybridized carbons (Fsp3) is 0.167. The predicted octanol–water partition coefficient (Wildman–Crippen LogP) is 2.92. The van der Waals surface area contributed by atoms with Crippen molar-refractivity contribution in [2.24, 2.45) is 0 Å². The maximum atomic E-state index is 11.2. The summed E-state index contributed by atoms with van der Waals surface area (Å²) >= 11 is 0. The first-order valence-electron chi connectivity index (χ1n) is 4.98. The average Bonchev–Trinajstić information content (AvgIpc) is 2.28. The molecule has 0 aliphatic heterocycles. The van der Waals surface area contributed by atoms with Gasteiger partial charge in [0.1, 0.15) is 5.75 Å². The van der Waals surface area contributed by atoms with Crippen LogP contribution >= 0.6 is 10.7 Å². The highest BCUT2D eigenvalue weighted by molar-refractivity contribution is 8.13. The quantitative estimate of drug-likeness (QED) is 0.806.